The molecule has 0 saturated carbocycles. The molecule has 0 radical (unpaired) electrons. The second-order valence-electron chi connectivity index (χ2n) is 5.71. The molecular formula is C17H22FN3O. The first kappa shape index (κ1) is 15.0. The molecule has 3 rings (SSSR count). The molecule has 1 saturated heterocycles. The lowest BCUT2D eigenvalue weighted by Gasteiger charge is -2.35. The van der Waals surface area contributed by atoms with Crippen molar-refractivity contribution in [3.8, 4) is 5.75 Å². The van der Waals surface area contributed by atoms with Crippen LogP contribution in [0.3, 0.4) is 0 Å². The number of hydrogen-bond donors (Lipinski definition) is 0. The van der Waals surface area contributed by atoms with E-state index in [-0.39, 0.29) is 5.82 Å². The second-order valence-corrected chi connectivity index (χ2v) is 5.71. The van der Waals surface area contributed by atoms with E-state index in [0.29, 0.717) is 18.4 Å². The fourth-order valence-electron chi connectivity index (χ4n) is 3.14. The lowest BCUT2D eigenvalue weighted by atomic mass is 9.99. The standard InChI is InChI=1S/C17H22FN3O/c1-20-15(9-10-19-20)16-7-4-5-11-21(16)12-13-22-17-8-3-2-6-14(17)18/h2-3,6,8-10,16H,4-5,7,11-13H2,1H3. The van der Waals surface area contributed by atoms with E-state index in [1.165, 1.54) is 24.6 Å². The Morgan fingerprint density at radius 2 is 2.14 bits per heavy atom. The van der Waals surface area contributed by atoms with Crippen LogP contribution in [-0.4, -0.2) is 34.4 Å². The molecule has 0 bridgehead atoms. The largest absolute Gasteiger partial charge is 0.489 e. The third-order valence-electron chi connectivity index (χ3n) is 4.29. The molecule has 22 heavy (non-hydrogen) atoms. The van der Waals surface area contributed by atoms with E-state index in [9.17, 15) is 4.39 Å². The highest BCUT2D eigenvalue weighted by atomic mass is 19.1. The van der Waals surface area contributed by atoms with Gasteiger partial charge in [0.15, 0.2) is 11.6 Å². The molecular weight excluding hydrogens is 281 g/mol. The fraction of sp³-hybridized carbons (Fsp3) is 0.471. The number of nitrogens with zero attached hydrogens (tertiary/aromatic N) is 3. The SMILES string of the molecule is Cn1nccc1C1CCCCN1CCOc1ccccc1F. The van der Waals surface area contributed by atoms with Crippen molar-refractivity contribution in [3.63, 3.8) is 0 Å². The number of ether oxygens (including phenoxy) is 1. The van der Waals surface area contributed by atoms with Crippen LogP contribution in [0, 0.1) is 5.82 Å². The van der Waals surface area contributed by atoms with Crippen LogP contribution in [0.25, 0.3) is 0 Å². The number of aromatic nitrogens is 2. The van der Waals surface area contributed by atoms with Crippen LogP contribution >= 0.6 is 0 Å². The van der Waals surface area contributed by atoms with Crippen LogP contribution in [-0.2, 0) is 7.05 Å². The minimum atomic E-state index is -0.302. The van der Waals surface area contributed by atoms with Crippen molar-refractivity contribution in [1.29, 1.82) is 0 Å². The van der Waals surface area contributed by atoms with Gasteiger partial charge in [0.1, 0.15) is 6.61 Å². The lowest BCUT2D eigenvalue weighted by Crippen LogP contribution is -2.37. The summed E-state index contributed by atoms with van der Waals surface area (Å²) in [6.07, 6.45) is 5.42. The van der Waals surface area contributed by atoms with E-state index < -0.39 is 0 Å². The third-order valence-corrected chi connectivity index (χ3v) is 4.29. The topological polar surface area (TPSA) is 30.3 Å². The molecule has 0 amide bonds. The molecule has 2 aromatic rings. The van der Waals surface area contributed by atoms with Gasteiger partial charge >= 0.3 is 0 Å². The molecule has 1 aromatic heterocycles. The van der Waals surface area contributed by atoms with Crippen molar-refractivity contribution in [1.82, 2.24) is 14.7 Å². The number of piperidine rings is 1. The van der Waals surface area contributed by atoms with E-state index >= 15 is 0 Å². The van der Waals surface area contributed by atoms with E-state index in [1.807, 2.05) is 17.9 Å². The number of benzene rings is 1. The molecule has 0 N–H and O–H groups in total. The maximum absolute atomic E-state index is 13.6. The summed E-state index contributed by atoms with van der Waals surface area (Å²) >= 11 is 0. The normalized spacial score (nSPS) is 19.3. The Hall–Kier alpha value is -1.88. The van der Waals surface area contributed by atoms with Gasteiger partial charge in [-0.1, -0.05) is 18.6 Å². The summed E-state index contributed by atoms with van der Waals surface area (Å²) in [5.74, 6) is 0.0286. The molecule has 0 spiro atoms. The minimum Gasteiger partial charge on any atom is -0.489 e. The van der Waals surface area contributed by atoms with Gasteiger partial charge < -0.3 is 4.74 Å². The van der Waals surface area contributed by atoms with E-state index in [2.05, 4.69) is 16.1 Å². The number of aryl methyl sites for hydroxylation is 1. The van der Waals surface area contributed by atoms with Crippen molar-refractivity contribution in [2.24, 2.45) is 7.05 Å². The van der Waals surface area contributed by atoms with Gasteiger partial charge in [0.25, 0.3) is 0 Å². The molecule has 1 aliphatic heterocycles. The first-order chi connectivity index (χ1) is 10.8. The van der Waals surface area contributed by atoms with Crippen LogP contribution < -0.4 is 4.74 Å². The van der Waals surface area contributed by atoms with Crippen LogP contribution in [0.1, 0.15) is 31.0 Å². The summed E-state index contributed by atoms with van der Waals surface area (Å²) in [5, 5.41) is 4.27. The van der Waals surface area contributed by atoms with Crippen molar-refractivity contribution in [2.45, 2.75) is 25.3 Å². The molecule has 1 aliphatic rings. The van der Waals surface area contributed by atoms with Crippen LogP contribution in [0.15, 0.2) is 36.5 Å². The third kappa shape index (κ3) is 3.30. The molecule has 0 aliphatic carbocycles. The quantitative estimate of drug-likeness (QED) is 0.850. The predicted octanol–water partition coefficient (Wildman–Crippen LogP) is 3.17. The summed E-state index contributed by atoms with van der Waals surface area (Å²) in [5.41, 5.74) is 1.24. The van der Waals surface area contributed by atoms with Gasteiger partial charge in [-0.15, -0.1) is 0 Å². The number of hydrogen-bond acceptors (Lipinski definition) is 3. The van der Waals surface area contributed by atoms with Gasteiger partial charge in [-0.25, -0.2) is 4.39 Å². The molecule has 2 heterocycles. The highest BCUT2D eigenvalue weighted by Gasteiger charge is 2.25. The molecule has 1 fully saturated rings. The number of halogens is 1. The average molecular weight is 303 g/mol. The molecule has 1 atom stereocenters. The van der Waals surface area contributed by atoms with Gasteiger partial charge in [0.05, 0.1) is 11.7 Å². The lowest BCUT2D eigenvalue weighted by molar-refractivity contribution is 0.117. The summed E-state index contributed by atoms with van der Waals surface area (Å²) in [4.78, 5) is 2.42. The van der Waals surface area contributed by atoms with E-state index in [1.54, 1.807) is 18.2 Å². The summed E-state index contributed by atoms with van der Waals surface area (Å²) in [7, 11) is 1.98. The molecule has 4 nitrogen and oxygen atoms in total. The second kappa shape index (κ2) is 6.92. The van der Waals surface area contributed by atoms with Gasteiger partial charge in [0, 0.05) is 19.8 Å². The monoisotopic (exact) mass is 303 g/mol. The summed E-state index contributed by atoms with van der Waals surface area (Å²) in [6, 6.07) is 9.02. The Balaban J connectivity index is 1.60. The first-order valence-electron chi connectivity index (χ1n) is 7.85. The van der Waals surface area contributed by atoms with Crippen LogP contribution in [0.4, 0.5) is 4.39 Å². The van der Waals surface area contributed by atoms with Crippen molar-refractivity contribution in [2.75, 3.05) is 19.7 Å². The average Bonchev–Trinajstić information content (AvgIpc) is 2.96. The smallest absolute Gasteiger partial charge is 0.165 e. The van der Waals surface area contributed by atoms with E-state index in [0.717, 1.165) is 19.5 Å². The zero-order valence-corrected chi connectivity index (χ0v) is 12.9. The van der Waals surface area contributed by atoms with Gasteiger partial charge in [0.2, 0.25) is 0 Å². The Bertz CT molecular complexity index is 613. The molecule has 1 aromatic carbocycles. The first-order valence-corrected chi connectivity index (χ1v) is 7.85. The zero-order valence-electron chi connectivity index (χ0n) is 12.9. The Labute approximate surface area is 130 Å². The minimum absolute atomic E-state index is 0.302. The maximum atomic E-state index is 13.6. The van der Waals surface area contributed by atoms with Crippen molar-refractivity contribution < 1.29 is 9.13 Å². The zero-order chi connectivity index (χ0) is 15.4. The molecule has 5 heteroatoms. The van der Waals surface area contributed by atoms with Crippen LogP contribution in [0.2, 0.25) is 0 Å². The van der Waals surface area contributed by atoms with Crippen molar-refractivity contribution in [3.05, 3.63) is 48.0 Å². The highest BCUT2D eigenvalue weighted by molar-refractivity contribution is 5.23. The number of para-hydroxylation sites is 1. The predicted molar refractivity (Wildman–Crippen MR) is 83.3 cm³/mol. The molecule has 1 unspecified atom stereocenters. The van der Waals surface area contributed by atoms with Gasteiger partial charge in [-0.05, 0) is 37.6 Å². The summed E-state index contributed by atoms with van der Waals surface area (Å²) in [6.45, 7) is 2.34. The molecule has 118 valence electrons. The van der Waals surface area contributed by atoms with Crippen molar-refractivity contribution >= 4 is 0 Å². The number of rotatable bonds is 5. The van der Waals surface area contributed by atoms with Gasteiger partial charge in [-0.3, -0.25) is 9.58 Å². The fourth-order valence-corrected chi connectivity index (χ4v) is 3.14. The Morgan fingerprint density at radius 1 is 1.27 bits per heavy atom. The highest BCUT2D eigenvalue weighted by Crippen LogP contribution is 2.30. The van der Waals surface area contributed by atoms with Crippen LogP contribution in [0.5, 0.6) is 5.75 Å². The Morgan fingerprint density at radius 3 is 2.91 bits per heavy atom. The summed E-state index contributed by atoms with van der Waals surface area (Å²) < 4.78 is 21.1. The van der Waals surface area contributed by atoms with E-state index in [4.69, 9.17) is 4.74 Å². The Kier molecular flexibility index (Phi) is 4.73. The number of likely N-dealkylation sites (tertiary alicyclic amines) is 1. The maximum Gasteiger partial charge on any atom is 0.165 e. The van der Waals surface area contributed by atoms with Gasteiger partial charge in [-0.2, -0.15) is 5.10 Å².